The third-order valence-electron chi connectivity index (χ3n) is 3.35. The molecule has 1 unspecified atom stereocenters. The van der Waals surface area contributed by atoms with Crippen LogP contribution in [0.2, 0.25) is 0 Å². The highest BCUT2D eigenvalue weighted by Gasteiger charge is 2.23. The Morgan fingerprint density at radius 2 is 2.00 bits per heavy atom. The van der Waals surface area contributed by atoms with Gasteiger partial charge in [-0.05, 0) is 36.1 Å². The van der Waals surface area contributed by atoms with Crippen molar-refractivity contribution >= 4 is 6.29 Å². The van der Waals surface area contributed by atoms with E-state index in [0.717, 1.165) is 24.9 Å². The van der Waals surface area contributed by atoms with Gasteiger partial charge in [0.2, 0.25) is 0 Å². The van der Waals surface area contributed by atoms with Gasteiger partial charge >= 0.3 is 0 Å². The second-order valence-corrected chi connectivity index (χ2v) is 4.53. The summed E-state index contributed by atoms with van der Waals surface area (Å²) in [5.41, 5.74) is 3.29. The largest absolute Gasteiger partial charge is 0.486 e. The smallest absolute Gasteiger partial charge is 0.150 e. The molecular formula is C16H14O2. The zero-order chi connectivity index (χ0) is 12.4. The van der Waals surface area contributed by atoms with Crippen molar-refractivity contribution in [2.75, 3.05) is 0 Å². The summed E-state index contributed by atoms with van der Waals surface area (Å²) in [4.78, 5) is 10.7. The van der Waals surface area contributed by atoms with Gasteiger partial charge in [-0.25, -0.2) is 0 Å². The van der Waals surface area contributed by atoms with Gasteiger partial charge in [-0.2, -0.15) is 0 Å². The minimum absolute atomic E-state index is 0.114. The van der Waals surface area contributed by atoms with E-state index in [2.05, 4.69) is 18.2 Å². The van der Waals surface area contributed by atoms with Crippen molar-refractivity contribution in [1.29, 1.82) is 0 Å². The van der Waals surface area contributed by atoms with Gasteiger partial charge in [0.15, 0.2) is 0 Å². The Bertz CT molecular complexity index is 575. The average Bonchev–Trinajstić information content (AvgIpc) is 2.83. The molecule has 0 aliphatic heterocycles. The van der Waals surface area contributed by atoms with Gasteiger partial charge in [0.25, 0.3) is 0 Å². The summed E-state index contributed by atoms with van der Waals surface area (Å²) in [6.07, 6.45) is 3.03. The van der Waals surface area contributed by atoms with E-state index in [0.29, 0.717) is 5.56 Å². The van der Waals surface area contributed by atoms with Crippen LogP contribution in [0.1, 0.15) is 34.0 Å². The standard InChI is InChI=1S/C16H14O2/c17-11-12-4-3-6-14(10-12)18-16-9-8-13-5-1-2-7-15(13)16/h1-7,10-11,16H,8-9H2. The van der Waals surface area contributed by atoms with E-state index >= 15 is 0 Å². The lowest BCUT2D eigenvalue weighted by Gasteiger charge is -2.15. The summed E-state index contributed by atoms with van der Waals surface area (Å²) in [7, 11) is 0. The minimum atomic E-state index is 0.114. The number of rotatable bonds is 3. The highest BCUT2D eigenvalue weighted by atomic mass is 16.5. The molecule has 0 aromatic heterocycles. The average molecular weight is 238 g/mol. The van der Waals surface area contributed by atoms with E-state index in [9.17, 15) is 4.79 Å². The van der Waals surface area contributed by atoms with Crippen molar-refractivity contribution in [3.63, 3.8) is 0 Å². The van der Waals surface area contributed by atoms with E-state index in [1.165, 1.54) is 11.1 Å². The number of hydrogen-bond donors (Lipinski definition) is 0. The van der Waals surface area contributed by atoms with Crippen LogP contribution in [0, 0.1) is 0 Å². The first-order valence-electron chi connectivity index (χ1n) is 6.16. The van der Waals surface area contributed by atoms with E-state index < -0.39 is 0 Å². The zero-order valence-corrected chi connectivity index (χ0v) is 10.0. The van der Waals surface area contributed by atoms with Crippen LogP contribution in [-0.4, -0.2) is 6.29 Å². The molecule has 2 heteroatoms. The SMILES string of the molecule is O=Cc1cccc(OC2CCc3ccccc32)c1. The number of aryl methyl sites for hydroxylation is 1. The van der Waals surface area contributed by atoms with Crippen molar-refractivity contribution in [2.24, 2.45) is 0 Å². The van der Waals surface area contributed by atoms with Gasteiger partial charge in [0.1, 0.15) is 18.1 Å². The maximum atomic E-state index is 10.7. The molecule has 3 rings (SSSR count). The maximum Gasteiger partial charge on any atom is 0.150 e. The van der Waals surface area contributed by atoms with E-state index in [-0.39, 0.29) is 6.10 Å². The quantitative estimate of drug-likeness (QED) is 0.764. The van der Waals surface area contributed by atoms with Crippen LogP contribution < -0.4 is 4.74 Å². The Labute approximate surface area is 106 Å². The fraction of sp³-hybridized carbons (Fsp3) is 0.188. The molecule has 0 amide bonds. The van der Waals surface area contributed by atoms with Crippen LogP contribution in [0.3, 0.4) is 0 Å². The molecule has 1 aliphatic rings. The Morgan fingerprint density at radius 1 is 1.11 bits per heavy atom. The van der Waals surface area contributed by atoms with Gasteiger partial charge in [0, 0.05) is 5.56 Å². The Morgan fingerprint density at radius 3 is 2.89 bits per heavy atom. The molecule has 0 radical (unpaired) electrons. The van der Waals surface area contributed by atoms with Crippen LogP contribution in [0.5, 0.6) is 5.75 Å². The highest BCUT2D eigenvalue weighted by molar-refractivity contribution is 5.75. The van der Waals surface area contributed by atoms with Gasteiger partial charge in [-0.3, -0.25) is 4.79 Å². The minimum Gasteiger partial charge on any atom is -0.486 e. The summed E-state index contributed by atoms with van der Waals surface area (Å²) in [6, 6.07) is 15.7. The second kappa shape index (κ2) is 4.65. The van der Waals surface area contributed by atoms with Gasteiger partial charge in [-0.1, -0.05) is 36.4 Å². The van der Waals surface area contributed by atoms with E-state index in [4.69, 9.17) is 4.74 Å². The molecule has 1 aliphatic carbocycles. The zero-order valence-electron chi connectivity index (χ0n) is 10.0. The van der Waals surface area contributed by atoms with Crippen LogP contribution in [0.25, 0.3) is 0 Å². The van der Waals surface area contributed by atoms with E-state index in [1.54, 1.807) is 12.1 Å². The number of carbonyl (C=O) groups is 1. The Balaban J connectivity index is 1.84. The lowest BCUT2D eigenvalue weighted by Crippen LogP contribution is -2.03. The van der Waals surface area contributed by atoms with Crippen LogP contribution in [0.4, 0.5) is 0 Å². The molecule has 0 saturated carbocycles. The molecular weight excluding hydrogens is 224 g/mol. The summed E-state index contributed by atoms with van der Waals surface area (Å²) >= 11 is 0. The maximum absolute atomic E-state index is 10.7. The molecule has 0 spiro atoms. The van der Waals surface area contributed by atoms with Gasteiger partial charge in [0.05, 0.1) is 0 Å². The molecule has 2 aromatic carbocycles. The molecule has 0 bridgehead atoms. The molecule has 2 nitrogen and oxygen atoms in total. The van der Waals surface area contributed by atoms with Crippen LogP contribution in [0.15, 0.2) is 48.5 Å². The molecule has 0 saturated heterocycles. The third kappa shape index (κ3) is 2.02. The fourth-order valence-corrected chi connectivity index (χ4v) is 2.47. The van der Waals surface area contributed by atoms with Crippen molar-refractivity contribution < 1.29 is 9.53 Å². The van der Waals surface area contributed by atoms with Gasteiger partial charge < -0.3 is 4.74 Å². The third-order valence-corrected chi connectivity index (χ3v) is 3.35. The molecule has 2 aromatic rings. The summed E-state index contributed by atoms with van der Waals surface area (Å²) < 4.78 is 5.99. The number of aldehydes is 1. The molecule has 90 valence electrons. The van der Waals surface area contributed by atoms with Gasteiger partial charge in [-0.15, -0.1) is 0 Å². The van der Waals surface area contributed by atoms with Crippen molar-refractivity contribution in [3.05, 3.63) is 65.2 Å². The monoisotopic (exact) mass is 238 g/mol. The lowest BCUT2D eigenvalue weighted by molar-refractivity contribution is 0.112. The fourth-order valence-electron chi connectivity index (χ4n) is 2.47. The number of ether oxygens (including phenoxy) is 1. The summed E-state index contributed by atoms with van der Waals surface area (Å²) in [6.45, 7) is 0. The summed E-state index contributed by atoms with van der Waals surface area (Å²) in [5.74, 6) is 0.765. The predicted molar refractivity (Wildman–Crippen MR) is 70.0 cm³/mol. The molecule has 18 heavy (non-hydrogen) atoms. The number of hydrogen-bond acceptors (Lipinski definition) is 2. The normalized spacial score (nSPS) is 17.2. The Hall–Kier alpha value is -2.09. The predicted octanol–water partition coefficient (Wildman–Crippen LogP) is 3.57. The molecule has 0 N–H and O–H groups in total. The first-order valence-corrected chi connectivity index (χ1v) is 6.16. The number of fused-ring (bicyclic) bond motifs is 1. The number of carbonyl (C=O) groups excluding carboxylic acids is 1. The summed E-state index contributed by atoms with van der Waals surface area (Å²) in [5, 5.41) is 0. The Kier molecular flexibility index (Phi) is 2.85. The van der Waals surface area contributed by atoms with Crippen LogP contribution >= 0.6 is 0 Å². The first kappa shape index (κ1) is 11.0. The second-order valence-electron chi connectivity index (χ2n) is 4.53. The first-order chi connectivity index (χ1) is 8.86. The van der Waals surface area contributed by atoms with Crippen molar-refractivity contribution in [3.8, 4) is 5.75 Å². The molecule has 1 atom stereocenters. The van der Waals surface area contributed by atoms with Crippen molar-refractivity contribution in [1.82, 2.24) is 0 Å². The highest BCUT2D eigenvalue weighted by Crippen LogP contribution is 2.34. The molecule has 0 fully saturated rings. The van der Waals surface area contributed by atoms with Crippen molar-refractivity contribution in [2.45, 2.75) is 18.9 Å². The number of benzene rings is 2. The van der Waals surface area contributed by atoms with Crippen LogP contribution in [-0.2, 0) is 6.42 Å². The molecule has 0 heterocycles. The lowest BCUT2D eigenvalue weighted by atomic mass is 10.1. The topological polar surface area (TPSA) is 26.3 Å². The van der Waals surface area contributed by atoms with E-state index in [1.807, 2.05) is 18.2 Å².